The number of halogens is 1. The molecule has 1 N–H and O–H groups in total. The second-order valence-corrected chi connectivity index (χ2v) is 4.65. The molecule has 1 saturated heterocycles. The van der Waals surface area contributed by atoms with E-state index in [1.807, 2.05) is 0 Å². The molecule has 1 aliphatic heterocycles. The molecular formula is C11H14ClN3O3. The van der Waals surface area contributed by atoms with Gasteiger partial charge in [-0.15, -0.1) is 0 Å². The topological polar surface area (TPSA) is 79.5 Å². The van der Waals surface area contributed by atoms with E-state index < -0.39 is 4.92 Å². The van der Waals surface area contributed by atoms with E-state index in [-0.39, 0.29) is 29.3 Å². The minimum atomic E-state index is -0.471. The van der Waals surface area contributed by atoms with Crippen molar-refractivity contribution in [2.75, 3.05) is 18.1 Å². The molecule has 0 radical (unpaired) electrons. The highest BCUT2D eigenvalue weighted by atomic mass is 35.5. The Bertz CT molecular complexity index is 455. The molecule has 18 heavy (non-hydrogen) atoms. The van der Waals surface area contributed by atoms with Crippen LogP contribution in [0.15, 0.2) is 12.1 Å². The zero-order valence-corrected chi connectivity index (χ0v) is 10.5. The van der Waals surface area contributed by atoms with Crippen LogP contribution in [0, 0.1) is 10.1 Å². The molecule has 0 spiro atoms. The second-order valence-electron chi connectivity index (χ2n) is 4.26. The van der Waals surface area contributed by atoms with Crippen LogP contribution in [0.3, 0.4) is 0 Å². The molecule has 6 nitrogen and oxygen atoms in total. The molecule has 1 atom stereocenters. The van der Waals surface area contributed by atoms with E-state index in [9.17, 15) is 15.2 Å². The first-order valence-corrected chi connectivity index (χ1v) is 6.19. The van der Waals surface area contributed by atoms with Gasteiger partial charge in [0.15, 0.2) is 0 Å². The Morgan fingerprint density at radius 2 is 2.33 bits per heavy atom. The monoisotopic (exact) mass is 271 g/mol. The average Bonchev–Trinajstić information content (AvgIpc) is 2.38. The smallest absolute Gasteiger partial charge is 0.311 e. The Labute approximate surface area is 109 Å². The van der Waals surface area contributed by atoms with Crippen molar-refractivity contribution in [3.63, 3.8) is 0 Å². The van der Waals surface area contributed by atoms with Gasteiger partial charge in [-0.1, -0.05) is 11.6 Å². The maximum Gasteiger partial charge on any atom is 0.311 e. The minimum absolute atomic E-state index is 0.0364. The fourth-order valence-corrected chi connectivity index (χ4v) is 2.38. The molecule has 1 fully saturated rings. The van der Waals surface area contributed by atoms with Crippen molar-refractivity contribution in [1.29, 1.82) is 0 Å². The lowest BCUT2D eigenvalue weighted by Gasteiger charge is -2.35. The van der Waals surface area contributed by atoms with Gasteiger partial charge in [-0.2, -0.15) is 0 Å². The Hall–Kier alpha value is -1.40. The van der Waals surface area contributed by atoms with Crippen LogP contribution in [0.5, 0.6) is 0 Å². The fourth-order valence-electron chi connectivity index (χ4n) is 2.24. The molecule has 0 aliphatic carbocycles. The van der Waals surface area contributed by atoms with Gasteiger partial charge in [0, 0.05) is 12.6 Å². The van der Waals surface area contributed by atoms with E-state index in [0.29, 0.717) is 6.54 Å². The van der Waals surface area contributed by atoms with E-state index in [4.69, 9.17) is 11.6 Å². The summed E-state index contributed by atoms with van der Waals surface area (Å²) in [6, 6.07) is 2.64. The number of aliphatic hydroxyl groups excluding tert-OH is 1. The second kappa shape index (κ2) is 5.49. The maximum atomic E-state index is 11.0. The van der Waals surface area contributed by atoms with Gasteiger partial charge < -0.3 is 10.0 Å². The third-order valence-electron chi connectivity index (χ3n) is 3.13. The number of aromatic nitrogens is 1. The number of hydrogen-bond donors (Lipinski definition) is 1. The van der Waals surface area contributed by atoms with Crippen LogP contribution in [0.1, 0.15) is 19.3 Å². The molecule has 0 saturated carbocycles. The van der Waals surface area contributed by atoms with Gasteiger partial charge in [0.25, 0.3) is 0 Å². The molecule has 0 bridgehead atoms. The molecular weight excluding hydrogens is 258 g/mol. The van der Waals surface area contributed by atoms with Crippen molar-refractivity contribution >= 4 is 23.1 Å². The Morgan fingerprint density at radius 3 is 3.00 bits per heavy atom. The van der Waals surface area contributed by atoms with Gasteiger partial charge >= 0.3 is 5.69 Å². The van der Waals surface area contributed by atoms with Crippen molar-refractivity contribution in [3.05, 3.63) is 27.4 Å². The van der Waals surface area contributed by atoms with Gasteiger partial charge in [0.05, 0.1) is 17.6 Å². The Kier molecular flexibility index (Phi) is 3.98. The number of piperidine rings is 1. The highest BCUT2D eigenvalue weighted by Gasteiger charge is 2.29. The van der Waals surface area contributed by atoms with E-state index in [2.05, 4.69) is 4.98 Å². The molecule has 0 aromatic carbocycles. The summed E-state index contributed by atoms with van der Waals surface area (Å²) in [5, 5.41) is 20.6. The van der Waals surface area contributed by atoms with Crippen LogP contribution in [0.2, 0.25) is 5.15 Å². The number of aliphatic hydroxyl groups is 1. The first-order chi connectivity index (χ1) is 8.63. The Morgan fingerprint density at radius 1 is 1.56 bits per heavy atom. The predicted molar refractivity (Wildman–Crippen MR) is 68.0 cm³/mol. The quantitative estimate of drug-likeness (QED) is 0.517. The van der Waals surface area contributed by atoms with Crippen LogP contribution < -0.4 is 4.90 Å². The lowest BCUT2D eigenvalue weighted by Crippen LogP contribution is -2.42. The standard InChI is InChI=1S/C11H14ClN3O3/c12-10-5-4-9(15(17)18)11(13-10)14-6-2-1-3-8(14)7-16/h4-5,8,16H,1-3,6-7H2. The highest BCUT2D eigenvalue weighted by Crippen LogP contribution is 2.32. The number of nitrogens with zero attached hydrogens (tertiary/aromatic N) is 3. The molecule has 1 aromatic rings. The summed E-state index contributed by atoms with van der Waals surface area (Å²) in [6.07, 6.45) is 2.75. The number of hydrogen-bond acceptors (Lipinski definition) is 5. The molecule has 1 aliphatic rings. The largest absolute Gasteiger partial charge is 0.394 e. The van der Waals surface area contributed by atoms with Crippen molar-refractivity contribution in [3.8, 4) is 0 Å². The van der Waals surface area contributed by atoms with E-state index in [1.165, 1.54) is 12.1 Å². The summed E-state index contributed by atoms with van der Waals surface area (Å²) in [6.45, 7) is 0.616. The Balaban J connectivity index is 2.41. The summed E-state index contributed by atoms with van der Waals surface area (Å²) < 4.78 is 0. The molecule has 2 rings (SSSR count). The molecule has 0 amide bonds. The molecule has 2 heterocycles. The van der Waals surface area contributed by atoms with Gasteiger partial charge in [-0.3, -0.25) is 10.1 Å². The fraction of sp³-hybridized carbons (Fsp3) is 0.545. The molecule has 7 heteroatoms. The predicted octanol–water partition coefficient (Wildman–Crippen LogP) is 1.99. The van der Waals surface area contributed by atoms with Crippen LogP contribution in [0.25, 0.3) is 0 Å². The SMILES string of the molecule is O=[N+]([O-])c1ccc(Cl)nc1N1CCCCC1CO. The van der Waals surface area contributed by atoms with E-state index >= 15 is 0 Å². The van der Waals surface area contributed by atoms with Crippen LogP contribution in [-0.4, -0.2) is 34.2 Å². The van der Waals surface area contributed by atoms with Gasteiger partial charge in [-0.05, 0) is 25.3 Å². The van der Waals surface area contributed by atoms with E-state index in [0.717, 1.165) is 19.3 Å². The summed E-state index contributed by atoms with van der Waals surface area (Å²) in [5.41, 5.74) is -0.0697. The number of rotatable bonds is 3. The van der Waals surface area contributed by atoms with Gasteiger partial charge in [0.2, 0.25) is 5.82 Å². The summed E-state index contributed by atoms with van der Waals surface area (Å²) in [5.74, 6) is 0.256. The molecule has 98 valence electrons. The lowest BCUT2D eigenvalue weighted by atomic mass is 10.0. The van der Waals surface area contributed by atoms with Gasteiger partial charge in [-0.25, -0.2) is 4.98 Å². The van der Waals surface area contributed by atoms with Crippen LogP contribution in [0.4, 0.5) is 11.5 Å². The minimum Gasteiger partial charge on any atom is -0.394 e. The first kappa shape index (κ1) is 13.0. The van der Waals surface area contributed by atoms with E-state index in [1.54, 1.807) is 4.90 Å². The van der Waals surface area contributed by atoms with Crippen LogP contribution in [-0.2, 0) is 0 Å². The number of anilines is 1. The van der Waals surface area contributed by atoms with Crippen molar-refractivity contribution in [2.45, 2.75) is 25.3 Å². The lowest BCUT2D eigenvalue weighted by molar-refractivity contribution is -0.384. The van der Waals surface area contributed by atoms with Crippen molar-refractivity contribution < 1.29 is 10.0 Å². The normalized spacial score (nSPS) is 19.9. The zero-order chi connectivity index (χ0) is 13.1. The molecule has 1 aromatic heterocycles. The van der Waals surface area contributed by atoms with Crippen molar-refractivity contribution in [2.24, 2.45) is 0 Å². The summed E-state index contributed by atoms with van der Waals surface area (Å²) in [7, 11) is 0. The zero-order valence-electron chi connectivity index (χ0n) is 9.75. The first-order valence-electron chi connectivity index (χ1n) is 5.82. The maximum absolute atomic E-state index is 11.0. The summed E-state index contributed by atoms with van der Waals surface area (Å²) >= 11 is 5.81. The van der Waals surface area contributed by atoms with Crippen molar-refractivity contribution in [1.82, 2.24) is 4.98 Å². The van der Waals surface area contributed by atoms with Gasteiger partial charge in [0.1, 0.15) is 5.15 Å². The molecule has 1 unspecified atom stereocenters. The van der Waals surface area contributed by atoms with Crippen LogP contribution >= 0.6 is 11.6 Å². The summed E-state index contributed by atoms with van der Waals surface area (Å²) in [4.78, 5) is 16.4. The average molecular weight is 272 g/mol. The number of nitro groups is 1. The number of pyridine rings is 1. The third-order valence-corrected chi connectivity index (χ3v) is 3.34. The third kappa shape index (κ3) is 2.54. The highest BCUT2D eigenvalue weighted by molar-refractivity contribution is 6.29.